The fourth-order valence-corrected chi connectivity index (χ4v) is 7.69. The number of carbonyl (C=O) groups excluding carboxylic acids is 2. The van der Waals surface area contributed by atoms with Crippen molar-refractivity contribution in [2.24, 2.45) is 5.92 Å². The summed E-state index contributed by atoms with van der Waals surface area (Å²) in [4.78, 5) is 30.2. The smallest absolute Gasteiger partial charge is 0.415 e. The van der Waals surface area contributed by atoms with Gasteiger partial charge in [0.05, 0.1) is 25.3 Å². The maximum Gasteiger partial charge on any atom is 0.415 e. The van der Waals surface area contributed by atoms with Crippen LogP contribution in [0.25, 0.3) is 0 Å². The van der Waals surface area contributed by atoms with Crippen LogP contribution in [0.5, 0.6) is 11.5 Å². The molecule has 3 aromatic carbocycles. The molecule has 1 aromatic heterocycles. The van der Waals surface area contributed by atoms with E-state index in [4.69, 9.17) is 32.7 Å². The van der Waals surface area contributed by atoms with E-state index < -0.39 is 36.5 Å². The van der Waals surface area contributed by atoms with Crippen LogP contribution in [0.4, 0.5) is 23.7 Å². The summed E-state index contributed by atoms with van der Waals surface area (Å²) in [5, 5.41) is 22.9. The molecule has 3 fully saturated rings. The molecule has 4 heterocycles. The van der Waals surface area contributed by atoms with Crippen molar-refractivity contribution in [2.45, 2.75) is 44.4 Å². The molecule has 0 unspecified atom stereocenters. The molecule has 3 aliphatic heterocycles. The number of ether oxygens (including phenoxy) is 3. The topological polar surface area (TPSA) is 115 Å². The number of methoxy groups -OCH3 is 1. The Morgan fingerprint density at radius 2 is 1.75 bits per heavy atom. The van der Waals surface area contributed by atoms with Crippen molar-refractivity contribution in [3.8, 4) is 11.5 Å². The first-order valence-corrected chi connectivity index (χ1v) is 17.2. The molecule has 0 spiro atoms. The Morgan fingerprint density at radius 3 is 2.37 bits per heavy atom. The number of alkyl halides is 2. The molecule has 10 nitrogen and oxygen atoms in total. The van der Waals surface area contributed by atoms with E-state index in [1.807, 2.05) is 0 Å². The number of para-hydroxylation sites is 1. The number of pyridine rings is 1. The molecule has 274 valence electrons. The lowest BCUT2D eigenvalue weighted by Gasteiger charge is -2.44. The van der Waals surface area contributed by atoms with Crippen LogP contribution in [0.3, 0.4) is 0 Å². The van der Waals surface area contributed by atoms with Crippen molar-refractivity contribution < 1.29 is 52.0 Å². The Morgan fingerprint density at radius 1 is 1.04 bits per heavy atom. The maximum absolute atomic E-state index is 15.5. The van der Waals surface area contributed by atoms with Gasteiger partial charge in [-0.2, -0.15) is 8.78 Å². The SMILES string of the molecule is COc1cc([C@H](Cc2c(Cl)c[n+](O)cc2Cl)c2c(CN(C(=O)O[C@H]3CN4CCC3CC4)c3ccccc3F)cccc2C(=O)[O-])ccc1OC(F)F. The van der Waals surface area contributed by atoms with Gasteiger partial charge in [0.15, 0.2) is 11.5 Å². The number of carboxylic acid groups (broad SMARTS) is 1. The largest absolute Gasteiger partial charge is 0.545 e. The zero-order chi connectivity index (χ0) is 37.1. The number of aromatic nitrogens is 1. The molecule has 52 heavy (non-hydrogen) atoms. The summed E-state index contributed by atoms with van der Waals surface area (Å²) in [5.41, 5.74) is 0.705. The van der Waals surface area contributed by atoms with E-state index >= 15 is 4.39 Å². The van der Waals surface area contributed by atoms with Gasteiger partial charge in [-0.3, -0.25) is 15.0 Å². The number of carboxylic acids is 1. The van der Waals surface area contributed by atoms with Gasteiger partial charge in [-0.25, -0.2) is 9.18 Å². The highest BCUT2D eigenvalue weighted by atomic mass is 35.5. The van der Waals surface area contributed by atoms with Crippen LogP contribution >= 0.6 is 23.2 Å². The normalized spacial score (nSPS) is 18.6. The zero-order valence-electron chi connectivity index (χ0n) is 27.8. The molecule has 1 amide bonds. The second kappa shape index (κ2) is 15.9. The Kier molecular flexibility index (Phi) is 11.3. The average Bonchev–Trinajstić information content (AvgIpc) is 3.11. The monoisotopic (exact) mass is 759 g/mol. The van der Waals surface area contributed by atoms with E-state index in [9.17, 15) is 28.7 Å². The molecular weight excluding hydrogens is 726 g/mol. The molecule has 0 aliphatic carbocycles. The van der Waals surface area contributed by atoms with Gasteiger partial charge >= 0.3 is 12.7 Å². The minimum absolute atomic E-state index is 0.0335. The fraction of sp³-hybridized carbons (Fsp3) is 0.324. The van der Waals surface area contributed by atoms with Gasteiger partial charge in [-0.1, -0.05) is 59.6 Å². The summed E-state index contributed by atoms with van der Waals surface area (Å²) >= 11 is 13.1. The Labute approximate surface area is 307 Å². The number of benzene rings is 3. The molecule has 7 rings (SSSR count). The predicted molar refractivity (Wildman–Crippen MR) is 182 cm³/mol. The number of carbonyl (C=O) groups is 2. The first-order valence-electron chi connectivity index (χ1n) is 16.4. The average molecular weight is 761 g/mol. The van der Waals surface area contributed by atoms with E-state index in [2.05, 4.69) is 9.64 Å². The molecule has 15 heteroatoms. The Balaban J connectivity index is 1.50. The van der Waals surface area contributed by atoms with Crippen molar-refractivity contribution in [2.75, 3.05) is 31.6 Å². The number of rotatable bonds is 12. The number of halogens is 5. The van der Waals surface area contributed by atoms with Crippen molar-refractivity contribution >= 4 is 41.0 Å². The lowest BCUT2D eigenvalue weighted by Crippen LogP contribution is -2.53. The highest BCUT2D eigenvalue weighted by Gasteiger charge is 2.38. The summed E-state index contributed by atoms with van der Waals surface area (Å²) in [7, 11) is 1.25. The fourth-order valence-electron chi connectivity index (χ4n) is 7.09. The second-order valence-electron chi connectivity index (χ2n) is 12.6. The second-order valence-corrected chi connectivity index (χ2v) is 13.4. The van der Waals surface area contributed by atoms with Crippen LogP contribution in [0.2, 0.25) is 10.0 Å². The molecule has 0 radical (unpaired) electrons. The van der Waals surface area contributed by atoms with Crippen molar-refractivity contribution in [1.29, 1.82) is 0 Å². The van der Waals surface area contributed by atoms with Gasteiger partial charge in [0, 0.05) is 28.3 Å². The third-order valence-electron chi connectivity index (χ3n) is 9.59. The van der Waals surface area contributed by atoms with Gasteiger partial charge < -0.3 is 24.1 Å². The number of fused-ring (bicyclic) bond motifs is 3. The number of hydrogen-bond donors (Lipinski definition) is 1. The number of piperidine rings is 3. The van der Waals surface area contributed by atoms with E-state index in [1.165, 1.54) is 68.0 Å². The standard InChI is InChI=1S/C37H34Cl2F3N3O7/c1-50-32-15-22(9-10-31(32)51-36(41)42)25(16-26-27(38)18-44(49)19-28(26)39)34-23(5-4-6-24(34)35(46)47)17-45(30-8-3-2-7-29(30)40)37(48)52-33-20-43-13-11-21(33)12-14-43/h2-10,15,18-19,21,25,33,36H,11-14,16-17,20H2,1H3,(H-,46,47,49)/t25-,33-/m0/s1. The summed E-state index contributed by atoms with van der Waals surface area (Å²) in [5.74, 6) is -3.44. The number of anilines is 1. The third-order valence-corrected chi connectivity index (χ3v) is 10.2. The number of nitrogens with zero attached hydrogens (tertiary/aromatic N) is 3. The van der Waals surface area contributed by atoms with Gasteiger partial charge in [-0.05, 0) is 79.2 Å². The predicted octanol–water partition coefficient (Wildman–Crippen LogP) is 6.24. The lowest BCUT2D eigenvalue weighted by atomic mass is 9.80. The number of aromatic carboxylic acids is 1. The summed E-state index contributed by atoms with van der Waals surface area (Å²) < 4.78 is 58.7. The van der Waals surface area contributed by atoms with E-state index in [0.717, 1.165) is 30.8 Å². The molecule has 0 saturated carbocycles. The molecule has 2 bridgehead atoms. The number of amides is 1. The molecule has 3 aliphatic rings. The molecule has 3 saturated heterocycles. The van der Waals surface area contributed by atoms with Crippen molar-refractivity contribution in [1.82, 2.24) is 4.90 Å². The van der Waals surface area contributed by atoms with E-state index in [1.54, 1.807) is 12.1 Å². The minimum atomic E-state index is -3.15. The molecule has 2 atom stereocenters. The summed E-state index contributed by atoms with van der Waals surface area (Å²) in [6.45, 7) is -1.13. The Bertz CT molecular complexity index is 1940. The molecule has 4 aromatic rings. The van der Waals surface area contributed by atoms with Gasteiger partial charge in [0.25, 0.3) is 0 Å². The summed E-state index contributed by atoms with van der Waals surface area (Å²) in [6, 6.07) is 14.2. The maximum atomic E-state index is 15.5. The number of hydrogen-bond acceptors (Lipinski definition) is 8. The molecular formula is C37H34Cl2F3N3O7. The highest BCUT2D eigenvalue weighted by Crippen LogP contribution is 2.41. The van der Waals surface area contributed by atoms with Crippen molar-refractivity contribution in [3.05, 3.63) is 117 Å². The van der Waals surface area contributed by atoms with Crippen LogP contribution in [0, 0.1) is 11.7 Å². The lowest BCUT2D eigenvalue weighted by molar-refractivity contribution is -0.904. The van der Waals surface area contributed by atoms with Crippen LogP contribution in [-0.2, 0) is 17.7 Å². The van der Waals surface area contributed by atoms with Gasteiger partial charge in [-0.15, -0.1) is 0 Å². The van der Waals surface area contributed by atoms with Crippen LogP contribution in [0.15, 0.2) is 73.1 Å². The Hall–Kier alpha value is -4.72. The van der Waals surface area contributed by atoms with Crippen molar-refractivity contribution in [3.63, 3.8) is 0 Å². The van der Waals surface area contributed by atoms with Gasteiger partial charge in [0.1, 0.15) is 22.0 Å². The third kappa shape index (κ3) is 8.01. The van der Waals surface area contributed by atoms with Gasteiger partial charge in [0.2, 0.25) is 12.4 Å². The van der Waals surface area contributed by atoms with Crippen LogP contribution in [0.1, 0.15) is 51.4 Å². The highest BCUT2D eigenvalue weighted by molar-refractivity contribution is 6.35. The first-order chi connectivity index (χ1) is 24.9. The van der Waals surface area contributed by atoms with Crippen LogP contribution < -0.4 is 24.2 Å². The first kappa shape index (κ1) is 37.1. The minimum Gasteiger partial charge on any atom is -0.545 e. The summed E-state index contributed by atoms with van der Waals surface area (Å²) in [6.07, 6.45) is 2.78. The zero-order valence-corrected chi connectivity index (χ0v) is 29.3. The molecule has 1 N–H and O–H groups in total. The van der Waals surface area contributed by atoms with Crippen LogP contribution in [-0.4, -0.2) is 61.6 Å². The van der Waals surface area contributed by atoms with E-state index in [-0.39, 0.29) is 62.8 Å². The van der Waals surface area contributed by atoms with E-state index in [0.29, 0.717) is 22.4 Å². The quantitative estimate of drug-likeness (QED) is 0.133.